The van der Waals surface area contributed by atoms with Crippen molar-refractivity contribution < 1.29 is 4.42 Å². The summed E-state index contributed by atoms with van der Waals surface area (Å²) in [4.78, 5) is 0. The Hall–Kier alpha value is -3.32. The molecule has 0 aliphatic carbocycles. The van der Waals surface area contributed by atoms with Gasteiger partial charge < -0.3 is 4.42 Å². The lowest BCUT2D eigenvalue weighted by molar-refractivity contribution is 0.669. The summed E-state index contributed by atoms with van der Waals surface area (Å²) in [5.74, 6) is 0.538. The molecule has 4 aromatic carbocycles. The Bertz CT molecular complexity index is 1270. The maximum absolute atomic E-state index is 5.95. The minimum absolute atomic E-state index is 0.538. The smallest absolute Gasteiger partial charge is 0.135 e. The minimum Gasteiger partial charge on any atom is -0.456 e. The van der Waals surface area contributed by atoms with Gasteiger partial charge in [0.2, 0.25) is 0 Å². The van der Waals surface area contributed by atoms with E-state index in [1.54, 1.807) is 0 Å². The molecule has 0 unspecified atom stereocenters. The zero-order valence-electron chi connectivity index (χ0n) is 16.1. The molecule has 0 fully saturated rings. The van der Waals surface area contributed by atoms with Crippen LogP contribution in [0.25, 0.3) is 44.2 Å². The van der Waals surface area contributed by atoms with Crippen LogP contribution in [0.3, 0.4) is 0 Å². The molecule has 0 atom stereocenters. The number of hydrogen-bond acceptors (Lipinski definition) is 1. The summed E-state index contributed by atoms with van der Waals surface area (Å²) in [6, 6.07) is 32.3. The summed E-state index contributed by atoms with van der Waals surface area (Å²) in [5, 5.41) is 2.34. The zero-order chi connectivity index (χ0) is 19.1. The number of para-hydroxylation sites is 1. The second-order valence-electron chi connectivity index (χ2n) is 7.67. The second-order valence-corrected chi connectivity index (χ2v) is 7.67. The van der Waals surface area contributed by atoms with Crippen molar-refractivity contribution in [3.63, 3.8) is 0 Å². The molecule has 1 heterocycles. The molecule has 0 radical (unpaired) electrons. The minimum atomic E-state index is 0.538. The molecular weight excluding hydrogens is 340 g/mol. The zero-order valence-corrected chi connectivity index (χ0v) is 16.1. The lowest BCUT2D eigenvalue weighted by atomic mass is 9.96. The van der Waals surface area contributed by atoms with Crippen molar-refractivity contribution in [1.82, 2.24) is 0 Å². The van der Waals surface area contributed by atoms with Crippen LogP contribution in [0.5, 0.6) is 0 Å². The number of fused-ring (bicyclic) bond motifs is 3. The molecule has 0 amide bonds. The highest BCUT2D eigenvalue weighted by molar-refractivity contribution is 6.06. The van der Waals surface area contributed by atoms with Gasteiger partial charge in [0.25, 0.3) is 0 Å². The summed E-state index contributed by atoms with van der Waals surface area (Å²) < 4.78 is 5.95. The van der Waals surface area contributed by atoms with E-state index in [1.165, 1.54) is 38.6 Å². The molecule has 0 aliphatic heterocycles. The fourth-order valence-electron chi connectivity index (χ4n) is 3.84. The van der Waals surface area contributed by atoms with Crippen LogP contribution in [-0.2, 0) is 0 Å². The van der Waals surface area contributed by atoms with Gasteiger partial charge in [-0.1, -0.05) is 86.6 Å². The van der Waals surface area contributed by atoms with Crippen molar-refractivity contribution in [3.05, 3.63) is 96.6 Å². The third-order valence-electron chi connectivity index (χ3n) is 5.48. The van der Waals surface area contributed by atoms with Crippen molar-refractivity contribution in [2.45, 2.75) is 19.8 Å². The van der Waals surface area contributed by atoms with Crippen LogP contribution in [0.1, 0.15) is 25.3 Å². The van der Waals surface area contributed by atoms with E-state index in [4.69, 9.17) is 4.42 Å². The average Bonchev–Trinajstić information content (AvgIpc) is 3.12. The van der Waals surface area contributed by atoms with E-state index in [2.05, 4.69) is 92.7 Å². The van der Waals surface area contributed by atoms with Crippen molar-refractivity contribution in [2.24, 2.45) is 0 Å². The molecule has 0 N–H and O–H groups in total. The van der Waals surface area contributed by atoms with Crippen LogP contribution in [0.4, 0.5) is 0 Å². The first kappa shape index (κ1) is 16.8. The van der Waals surface area contributed by atoms with Gasteiger partial charge in [0.1, 0.15) is 11.2 Å². The summed E-state index contributed by atoms with van der Waals surface area (Å²) in [5.41, 5.74) is 8.20. The summed E-state index contributed by atoms with van der Waals surface area (Å²) in [6.07, 6.45) is 0. The molecule has 5 aromatic rings. The van der Waals surface area contributed by atoms with Gasteiger partial charge in [-0.15, -0.1) is 0 Å². The van der Waals surface area contributed by atoms with Crippen LogP contribution in [-0.4, -0.2) is 0 Å². The first-order valence-electron chi connectivity index (χ1n) is 9.81. The molecule has 0 saturated heterocycles. The molecule has 136 valence electrons. The summed E-state index contributed by atoms with van der Waals surface area (Å²) >= 11 is 0. The molecule has 5 rings (SSSR count). The van der Waals surface area contributed by atoms with E-state index in [0.29, 0.717) is 5.92 Å². The largest absolute Gasteiger partial charge is 0.456 e. The third-order valence-corrected chi connectivity index (χ3v) is 5.48. The van der Waals surface area contributed by atoms with Crippen LogP contribution in [0, 0.1) is 0 Å². The molecule has 28 heavy (non-hydrogen) atoms. The molecule has 0 saturated carbocycles. The predicted octanol–water partition coefficient (Wildman–Crippen LogP) is 8.04. The normalized spacial score (nSPS) is 11.5. The fraction of sp³-hybridized carbons (Fsp3) is 0.111. The maximum atomic E-state index is 5.95. The van der Waals surface area contributed by atoms with E-state index in [1.807, 2.05) is 12.1 Å². The average molecular weight is 362 g/mol. The predicted molar refractivity (Wildman–Crippen MR) is 119 cm³/mol. The van der Waals surface area contributed by atoms with Crippen molar-refractivity contribution >= 4 is 21.9 Å². The van der Waals surface area contributed by atoms with E-state index < -0.39 is 0 Å². The highest BCUT2D eigenvalue weighted by Crippen LogP contribution is 2.33. The summed E-state index contributed by atoms with van der Waals surface area (Å²) in [6.45, 7) is 4.47. The lowest BCUT2D eigenvalue weighted by Gasteiger charge is -2.09. The van der Waals surface area contributed by atoms with Gasteiger partial charge in [-0.25, -0.2) is 0 Å². The lowest BCUT2D eigenvalue weighted by Crippen LogP contribution is -1.88. The second kappa shape index (κ2) is 6.69. The molecule has 0 spiro atoms. The van der Waals surface area contributed by atoms with Crippen LogP contribution >= 0.6 is 0 Å². The van der Waals surface area contributed by atoms with E-state index in [9.17, 15) is 0 Å². The number of benzene rings is 4. The Morgan fingerprint density at radius 2 is 1.18 bits per heavy atom. The third kappa shape index (κ3) is 2.90. The molecule has 0 bridgehead atoms. The molecule has 1 heteroatoms. The Morgan fingerprint density at radius 1 is 0.536 bits per heavy atom. The molecule has 1 nitrogen and oxygen atoms in total. The van der Waals surface area contributed by atoms with Gasteiger partial charge in [0, 0.05) is 10.8 Å². The first-order valence-corrected chi connectivity index (χ1v) is 9.81. The number of rotatable bonds is 3. The SMILES string of the molecule is CC(C)c1cccc(-c2ccc(-c3ccc4oc5ccccc5c4c3)cc2)c1. The van der Waals surface area contributed by atoms with Gasteiger partial charge in [0.05, 0.1) is 0 Å². The quantitative estimate of drug-likeness (QED) is 0.316. The topological polar surface area (TPSA) is 13.1 Å². The molecular formula is C27H22O. The highest BCUT2D eigenvalue weighted by Gasteiger charge is 2.08. The van der Waals surface area contributed by atoms with Crippen molar-refractivity contribution in [3.8, 4) is 22.3 Å². The van der Waals surface area contributed by atoms with Gasteiger partial charge in [0.15, 0.2) is 0 Å². The van der Waals surface area contributed by atoms with Gasteiger partial charge in [-0.05, 0) is 51.9 Å². The van der Waals surface area contributed by atoms with E-state index in [0.717, 1.165) is 11.2 Å². The summed E-state index contributed by atoms with van der Waals surface area (Å²) in [7, 11) is 0. The molecule has 0 aliphatic rings. The van der Waals surface area contributed by atoms with E-state index in [-0.39, 0.29) is 0 Å². The number of furan rings is 1. The Kier molecular flexibility index (Phi) is 4.02. The van der Waals surface area contributed by atoms with Crippen LogP contribution in [0.15, 0.2) is 95.4 Å². The highest BCUT2D eigenvalue weighted by atomic mass is 16.3. The van der Waals surface area contributed by atoms with Gasteiger partial charge >= 0.3 is 0 Å². The van der Waals surface area contributed by atoms with Gasteiger partial charge in [-0.3, -0.25) is 0 Å². The standard InChI is InChI=1S/C27H22O/c1-18(2)21-6-5-7-22(16-21)19-10-12-20(13-11-19)23-14-15-27-25(17-23)24-8-3-4-9-26(24)28-27/h3-18H,1-2H3. The Morgan fingerprint density at radius 3 is 1.93 bits per heavy atom. The monoisotopic (exact) mass is 362 g/mol. The molecule has 1 aromatic heterocycles. The first-order chi connectivity index (χ1) is 13.7. The fourth-order valence-corrected chi connectivity index (χ4v) is 3.84. The Balaban J connectivity index is 1.53. The van der Waals surface area contributed by atoms with Gasteiger partial charge in [-0.2, -0.15) is 0 Å². The maximum Gasteiger partial charge on any atom is 0.135 e. The van der Waals surface area contributed by atoms with Crippen LogP contribution in [0.2, 0.25) is 0 Å². The van der Waals surface area contributed by atoms with Crippen molar-refractivity contribution in [1.29, 1.82) is 0 Å². The van der Waals surface area contributed by atoms with Crippen molar-refractivity contribution in [2.75, 3.05) is 0 Å². The van der Waals surface area contributed by atoms with E-state index >= 15 is 0 Å². The number of hydrogen-bond donors (Lipinski definition) is 0. The Labute approximate surface area is 165 Å². The van der Waals surface area contributed by atoms with Crippen LogP contribution < -0.4 is 0 Å².